The first-order valence-electron chi connectivity index (χ1n) is 9.57. The summed E-state index contributed by atoms with van der Waals surface area (Å²) in [6.07, 6.45) is -3.81. The summed E-state index contributed by atoms with van der Waals surface area (Å²) in [5.74, 6) is 0.651. The van der Waals surface area contributed by atoms with Gasteiger partial charge >= 0.3 is 6.18 Å². The number of nitrogens with one attached hydrogen (secondary N) is 2. The predicted octanol–water partition coefficient (Wildman–Crippen LogP) is 4.64. The van der Waals surface area contributed by atoms with Crippen LogP contribution < -0.4 is 25.7 Å². The lowest BCUT2D eigenvalue weighted by Crippen LogP contribution is -2.16. The number of aromatic nitrogens is 1. The zero-order valence-electron chi connectivity index (χ0n) is 16.7. The average molecular weight is 464 g/mol. The van der Waals surface area contributed by atoms with E-state index < -0.39 is 18.5 Å². The molecule has 2 N–H and O–H groups in total. The molecule has 1 heterocycles. The van der Waals surface area contributed by atoms with E-state index in [1.54, 1.807) is 48.5 Å². The van der Waals surface area contributed by atoms with Crippen LogP contribution in [0.15, 0.2) is 65.6 Å². The van der Waals surface area contributed by atoms with E-state index in [1.807, 2.05) is 0 Å². The minimum absolute atomic E-state index is 0.0536. The van der Waals surface area contributed by atoms with Crippen LogP contribution in [0.2, 0.25) is 0 Å². The number of carbonyl (C=O) groups excluding carboxylic acids is 1. The van der Waals surface area contributed by atoms with Crippen molar-refractivity contribution in [2.24, 2.45) is 0 Å². The molecule has 1 amide bonds. The van der Waals surface area contributed by atoms with Gasteiger partial charge in [-0.25, -0.2) is 0 Å². The number of anilines is 1. The van der Waals surface area contributed by atoms with E-state index in [2.05, 4.69) is 19.5 Å². The van der Waals surface area contributed by atoms with E-state index in [1.165, 1.54) is 12.3 Å². The molecule has 0 aliphatic heterocycles. The minimum Gasteiger partial charge on any atom is -0.494 e. The van der Waals surface area contributed by atoms with E-state index in [0.29, 0.717) is 17.2 Å². The molecule has 3 aromatic rings. The van der Waals surface area contributed by atoms with Crippen molar-refractivity contribution in [2.75, 3.05) is 11.9 Å². The van der Waals surface area contributed by atoms with Crippen LogP contribution in [-0.4, -0.2) is 23.7 Å². The molecule has 0 aliphatic rings. The van der Waals surface area contributed by atoms with E-state index >= 15 is 0 Å². The molecule has 2 aromatic carbocycles. The van der Waals surface area contributed by atoms with Crippen LogP contribution in [0.25, 0.3) is 0 Å². The van der Waals surface area contributed by atoms with Crippen LogP contribution in [-0.2, 0) is 0 Å². The maximum Gasteiger partial charge on any atom is 0.389 e. The number of halogens is 3. The highest BCUT2D eigenvalue weighted by Crippen LogP contribution is 2.28. The second-order valence-electron chi connectivity index (χ2n) is 6.79. The second kappa shape index (κ2) is 10.3. The predicted molar refractivity (Wildman–Crippen MR) is 118 cm³/mol. The van der Waals surface area contributed by atoms with Crippen LogP contribution >= 0.6 is 9.24 Å². The number of alkyl halides is 3. The number of rotatable bonds is 8. The molecule has 6 nitrogen and oxygen atoms in total. The third kappa shape index (κ3) is 7.13. The van der Waals surface area contributed by atoms with Gasteiger partial charge in [-0.2, -0.15) is 13.2 Å². The molecule has 32 heavy (non-hydrogen) atoms. The van der Waals surface area contributed by atoms with Crippen molar-refractivity contribution in [3.05, 3.63) is 76.7 Å². The Kier molecular flexibility index (Phi) is 7.53. The lowest BCUT2D eigenvalue weighted by atomic mass is 10.1. The van der Waals surface area contributed by atoms with Gasteiger partial charge in [0.15, 0.2) is 0 Å². The highest BCUT2D eigenvalue weighted by atomic mass is 31.0. The first-order valence-corrected chi connectivity index (χ1v) is 10.1. The fourth-order valence-electron chi connectivity index (χ4n) is 2.73. The summed E-state index contributed by atoms with van der Waals surface area (Å²) >= 11 is 0. The molecule has 10 heteroatoms. The van der Waals surface area contributed by atoms with Crippen molar-refractivity contribution < 1.29 is 27.4 Å². The molecule has 0 saturated heterocycles. The number of amides is 1. The Balaban J connectivity index is 1.67. The monoisotopic (exact) mass is 464 g/mol. The normalized spacial score (nSPS) is 11.1. The van der Waals surface area contributed by atoms with Crippen molar-refractivity contribution in [1.29, 1.82) is 0 Å². The zero-order valence-corrected chi connectivity index (χ0v) is 17.9. The number of carbonyl (C=O) groups is 1. The third-order valence-electron chi connectivity index (χ3n) is 4.21. The second-order valence-corrected chi connectivity index (χ2v) is 7.46. The lowest BCUT2D eigenvalue weighted by molar-refractivity contribution is -0.136. The first kappa shape index (κ1) is 23.3. The largest absolute Gasteiger partial charge is 0.494 e. The number of hydrogen-bond acceptors (Lipinski definition) is 4. The fraction of sp³-hybridized carbons (Fsp3) is 0.182. The third-order valence-corrected chi connectivity index (χ3v) is 4.57. The first-order chi connectivity index (χ1) is 15.2. The Morgan fingerprint density at radius 2 is 1.75 bits per heavy atom. The summed E-state index contributed by atoms with van der Waals surface area (Å²) in [6, 6.07) is 14.2. The Bertz CT molecular complexity index is 1130. The topological polar surface area (TPSA) is 80.4 Å². The van der Waals surface area contributed by atoms with Crippen molar-refractivity contribution in [3.8, 4) is 17.2 Å². The molecular weight excluding hydrogens is 444 g/mol. The fourth-order valence-corrected chi connectivity index (χ4v) is 2.99. The molecular formula is C22H20F3N2O4P. The summed E-state index contributed by atoms with van der Waals surface area (Å²) in [4.78, 5) is 26.6. The summed E-state index contributed by atoms with van der Waals surface area (Å²) in [6.45, 7) is -0.0536. The standard InChI is InChI=1S/C22H20F3N2O4P/c23-22(24,25)9-1-11-30-15-2-4-16(5-3-15)31-19-7-6-17(32)13-18(19)21(29)27-14-8-10-26-20(28)12-14/h2-8,10,12-13H,1,9,11,32H2,(H2,26,27,28,29). The highest BCUT2D eigenvalue weighted by molar-refractivity contribution is 7.27. The summed E-state index contributed by atoms with van der Waals surface area (Å²) in [5, 5.41) is 3.41. The maximum absolute atomic E-state index is 12.7. The SMILES string of the molecule is O=C(Nc1cc[nH]c(=O)c1)c1cc(P)ccc1Oc1ccc(OCCCC(F)(F)F)cc1. The zero-order chi connectivity index (χ0) is 23.1. The van der Waals surface area contributed by atoms with Gasteiger partial charge in [0.05, 0.1) is 12.2 Å². The number of aromatic amines is 1. The average Bonchev–Trinajstić information content (AvgIpc) is 2.73. The van der Waals surface area contributed by atoms with Gasteiger partial charge in [0.1, 0.15) is 17.2 Å². The summed E-state index contributed by atoms with van der Waals surface area (Å²) in [5.41, 5.74) is 0.246. The van der Waals surface area contributed by atoms with Gasteiger partial charge in [0.2, 0.25) is 5.56 Å². The Morgan fingerprint density at radius 3 is 2.44 bits per heavy atom. The van der Waals surface area contributed by atoms with Crippen LogP contribution in [0.5, 0.6) is 17.2 Å². The number of hydrogen-bond donors (Lipinski definition) is 2. The van der Waals surface area contributed by atoms with Crippen LogP contribution in [0.4, 0.5) is 18.9 Å². The van der Waals surface area contributed by atoms with Crippen molar-refractivity contribution in [3.63, 3.8) is 0 Å². The van der Waals surface area contributed by atoms with Crippen molar-refractivity contribution in [2.45, 2.75) is 19.0 Å². The van der Waals surface area contributed by atoms with E-state index in [-0.39, 0.29) is 29.9 Å². The Morgan fingerprint density at radius 1 is 1.03 bits per heavy atom. The highest BCUT2D eigenvalue weighted by Gasteiger charge is 2.26. The van der Waals surface area contributed by atoms with Crippen molar-refractivity contribution in [1.82, 2.24) is 4.98 Å². The summed E-state index contributed by atoms with van der Waals surface area (Å²) < 4.78 is 47.7. The number of pyridine rings is 1. The summed E-state index contributed by atoms with van der Waals surface area (Å²) in [7, 11) is 2.49. The van der Waals surface area contributed by atoms with Crippen LogP contribution in [0.1, 0.15) is 23.2 Å². The lowest BCUT2D eigenvalue weighted by Gasteiger charge is -2.13. The Labute approximate surface area is 184 Å². The molecule has 0 saturated carbocycles. The van der Waals surface area contributed by atoms with E-state index in [9.17, 15) is 22.8 Å². The molecule has 3 rings (SSSR count). The van der Waals surface area contributed by atoms with Gasteiger partial charge in [-0.1, -0.05) is 6.07 Å². The van der Waals surface area contributed by atoms with Gasteiger partial charge in [-0.05, 0) is 54.2 Å². The van der Waals surface area contributed by atoms with Gasteiger partial charge in [-0.3, -0.25) is 9.59 Å². The Hall–Kier alpha value is -3.32. The molecule has 1 unspecified atom stereocenters. The smallest absolute Gasteiger partial charge is 0.389 e. The molecule has 0 radical (unpaired) electrons. The molecule has 0 aliphatic carbocycles. The van der Waals surface area contributed by atoms with Crippen molar-refractivity contribution >= 4 is 26.1 Å². The minimum atomic E-state index is -4.20. The molecule has 0 spiro atoms. The molecule has 0 bridgehead atoms. The van der Waals surface area contributed by atoms with E-state index in [0.717, 1.165) is 5.30 Å². The number of benzene rings is 2. The molecule has 1 aromatic heterocycles. The van der Waals surface area contributed by atoms with Gasteiger partial charge in [-0.15, -0.1) is 9.24 Å². The van der Waals surface area contributed by atoms with Gasteiger partial charge in [0.25, 0.3) is 5.91 Å². The number of H-pyrrole nitrogens is 1. The molecule has 1 atom stereocenters. The molecule has 168 valence electrons. The van der Waals surface area contributed by atoms with Crippen LogP contribution in [0, 0.1) is 0 Å². The quantitative estimate of drug-likeness (QED) is 0.376. The number of ether oxygens (including phenoxy) is 2. The maximum atomic E-state index is 12.7. The van der Waals surface area contributed by atoms with Crippen LogP contribution in [0.3, 0.4) is 0 Å². The van der Waals surface area contributed by atoms with E-state index in [4.69, 9.17) is 9.47 Å². The van der Waals surface area contributed by atoms with Gasteiger partial charge < -0.3 is 19.8 Å². The molecule has 0 fully saturated rings. The van der Waals surface area contributed by atoms with Gasteiger partial charge in [0, 0.05) is 24.4 Å².